The van der Waals surface area contributed by atoms with Gasteiger partial charge in [0, 0.05) is 5.92 Å². The Morgan fingerprint density at radius 1 is 1.24 bits per heavy atom. The minimum absolute atomic E-state index is 0.643. The van der Waals surface area contributed by atoms with E-state index in [1.807, 2.05) is 0 Å². The van der Waals surface area contributed by atoms with Gasteiger partial charge in [0.2, 0.25) is 0 Å². The molecule has 4 rings (SSSR count). The second kappa shape index (κ2) is 3.58. The van der Waals surface area contributed by atoms with Crippen molar-refractivity contribution in [2.45, 2.75) is 25.2 Å². The SMILES string of the molecule is IC1=Cc2cccc3c2C(C1)C1=C3CCC=C1. The maximum absolute atomic E-state index is 2.49. The summed E-state index contributed by atoms with van der Waals surface area (Å²) in [4.78, 5) is 0. The summed E-state index contributed by atoms with van der Waals surface area (Å²) in [7, 11) is 0. The van der Waals surface area contributed by atoms with Gasteiger partial charge in [-0.05, 0) is 79.3 Å². The van der Waals surface area contributed by atoms with E-state index in [-0.39, 0.29) is 0 Å². The molecule has 17 heavy (non-hydrogen) atoms. The van der Waals surface area contributed by atoms with Gasteiger partial charge >= 0.3 is 0 Å². The Balaban J connectivity index is 2.02. The third kappa shape index (κ3) is 1.35. The Labute approximate surface area is 115 Å². The molecule has 1 heteroatoms. The topological polar surface area (TPSA) is 0 Å². The molecule has 0 amide bonds. The van der Waals surface area contributed by atoms with E-state index >= 15 is 0 Å². The maximum Gasteiger partial charge on any atom is 0.0149 e. The fourth-order valence-corrected chi connectivity index (χ4v) is 4.23. The molecule has 0 N–H and O–H groups in total. The first kappa shape index (κ1) is 10.1. The summed E-state index contributed by atoms with van der Waals surface area (Å²) in [5.41, 5.74) is 7.80. The van der Waals surface area contributed by atoms with Gasteiger partial charge in [0.25, 0.3) is 0 Å². The summed E-state index contributed by atoms with van der Waals surface area (Å²) >= 11 is 2.49. The monoisotopic (exact) mass is 332 g/mol. The van der Waals surface area contributed by atoms with Gasteiger partial charge in [-0.1, -0.05) is 30.4 Å². The van der Waals surface area contributed by atoms with E-state index < -0.39 is 0 Å². The highest BCUT2D eigenvalue weighted by molar-refractivity contribution is 14.1. The number of halogens is 1. The predicted octanol–water partition coefficient (Wildman–Crippen LogP) is 5.07. The Kier molecular flexibility index (Phi) is 2.13. The Morgan fingerprint density at radius 3 is 3.12 bits per heavy atom. The van der Waals surface area contributed by atoms with Crippen molar-refractivity contribution in [3.63, 3.8) is 0 Å². The van der Waals surface area contributed by atoms with Crippen LogP contribution in [0.3, 0.4) is 0 Å². The number of rotatable bonds is 0. The van der Waals surface area contributed by atoms with Gasteiger partial charge in [0.15, 0.2) is 0 Å². The van der Waals surface area contributed by atoms with E-state index in [9.17, 15) is 0 Å². The summed E-state index contributed by atoms with van der Waals surface area (Å²) in [6.45, 7) is 0. The molecule has 0 aliphatic heterocycles. The van der Waals surface area contributed by atoms with Gasteiger partial charge in [-0.3, -0.25) is 0 Å². The van der Waals surface area contributed by atoms with Crippen LogP contribution in [0.1, 0.15) is 41.9 Å². The van der Waals surface area contributed by atoms with Crippen LogP contribution in [-0.2, 0) is 0 Å². The molecule has 0 radical (unpaired) electrons. The van der Waals surface area contributed by atoms with Crippen molar-refractivity contribution >= 4 is 34.2 Å². The molecule has 1 aromatic rings. The lowest BCUT2D eigenvalue weighted by molar-refractivity contribution is 0.827. The minimum Gasteiger partial charge on any atom is -0.0839 e. The Morgan fingerprint density at radius 2 is 2.18 bits per heavy atom. The number of allylic oxidation sites excluding steroid dienone is 5. The van der Waals surface area contributed by atoms with Gasteiger partial charge in [-0.2, -0.15) is 0 Å². The Hall–Kier alpha value is -0.830. The average molecular weight is 332 g/mol. The fraction of sp³-hybridized carbons (Fsp3) is 0.250. The fourth-order valence-electron chi connectivity index (χ4n) is 3.45. The number of benzene rings is 1. The molecule has 0 spiro atoms. The third-order valence-electron chi connectivity index (χ3n) is 4.11. The van der Waals surface area contributed by atoms with E-state index in [1.165, 1.54) is 34.0 Å². The highest BCUT2D eigenvalue weighted by Gasteiger charge is 2.34. The molecule has 0 saturated heterocycles. The molecule has 84 valence electrons. The van der Waals surface area contributed by atoms with Gasteiger partial charge < -0.3 is 0 Å². The molecule has 0 fully saturated rings. The van der Waals surface area contributed by atoms with E-state index in [1.54, 1.807) is 16.7 Å². The molecule has 3 aliphatic carbocycles. The van der Waals surface area contributed by atoms with Crippen LogP contribution in [0.4, 0.5) is 0 Å². The molecular weight excluding hydrogens is 319 g/mol. The van der Waals surface area contributed by atoms with Crippen molar-refractivity contribution in [3.8, 4) is 0 Å². The van der Waals surface area contributed by atoms with E-state index in [0.717, 1.165) is 0 Å². The van der Waals surface area contributed by atoms with E-state index in [4.69, 9.17) is 0 Å². The van der Waals surface area contributed by atoms with Gasteiger partial charge in [0.1, 0.15) is 0 Å². The second-order valence-corrected chi connectivity index (χ2v) is 6.42. The van der Waals surface area contributed by atoms with Crippen LogP contribution in [0, 0.1) is 0 Å². The normalized spacial score (nSPS) is 24.5. The zero-order valence-corrected chi connectivity index (χ0v) is 11.7. The summed E-state index contributed by atoms with van der Waals surface area (Å²) < 4.78 is 1.49. The van der Waals surface area contributed by atoms with Crippen LogP contribution < -0.4 is 0 Å². The van der Waals surface area contributed by atoms with Gasteiger partial charge in [-0.15, -0.1) is 0 Å². The average Bonchev–Trinajstić information content (AvgIpc) is 2.67. The van der Waals surface area contributed by atoms with Crippen molar-refractivity contribution in [1.29, 1.82) is 0 Å². The van der Waals surface area contributed by atoms with Crippen molar-refractivity contribution in [2.24, 2.45) is 0 Å². The standard InChI is InChI=1S/C16H13I/c17-11-8-10-4-3-7-14-12-5-1-2-6-13(12)15(9-11)16(10)14/h2-4,6-8,15H,1,5,9H2. The molecule has 3 aliphatic rings. The summed E-state index contributed by atoms with van der Waals surface area (Å²) in [5.74, 6) is 0.643. The largest absolute Gasteiger partial charge is 0.0839 e. The summed E-state index contributed by atoms with van der Waals surface area (Å²) in [6, 6.07) is 6.80. The molecule has 0 saturated carbocycles. The first-order valence-electron chi connectivity index (χ1n) is 6.23. The van der Waals surface area contributed by atoms with Crippen LogP contribution in [0.15, 0.2) is 39.5 Å². The van der Waals surface area contributed by atoms with Crippen LogP contribution in [0.5, 0.6) is 0 Å². The Bertz CT molecular complexity index is 602. The quantitative estimate of drug-likeness (QED) is 0.582. The molecular formula is C16H13I. The van der Waals surface area contributed by atoms with Crippen LogP contribution >= 0.6 is 22.6 Å². The molecule has 1 unspecified atom stereocenters. The smallest absolute Gasteiger partial charge is 0.0149 e. The molecule has 0 nitrogen and oxygen atoms in total. The van der Waals surface area contributed by atoms with Crippen molar-refractivity contribution in [2.75, 3.05) is 0 Å². The zero-order chi connectivity index (χ0) is 11.4. The molecule has 1 aromatic carbocycles. The number of hydrogen-bond acceptors (Lipinski definition) is 0. The number of hydrogen-bond donors (Lipinski definition) is 0. The predicted molar refractivity (Wildman–Crippen MR) is 81.1 cm³/mol. The van der Waals surface area contributed by atoms with Crippen molar-refractivity contribution < 1.29 is 0 Å². The minimum atomic E-state index is 0.643. The van der Waals surface area contributed by atoms with Gasteiger partial charge in [0.05, 0.1) is 0 Å². The molecule has 0 heterocycles. The van der Waals surface area contributed by atoms with E-state index in [0.29, 0.717) is 5.92 Å². The molecule has 1 atom stereocenters. The lowest BCUT2D eigenvalue weighted by Gasteiger charge is -2.21. The second-order valence-electron chi connectivity index (χ2n) is 5.03. The third-order valence-corrected chi connectivity index (χ3v) is 4.86. The van der Waals surface area contributed by atoms with E-state index in [2.05, 4.69) is 59.0 Å². The first-order valence-corrected chi connectivity index (χ1v) is 7.31. The molecule has 0 bridgehead atoms. The lowest BCUT2D eigenvalue weighted by Crippen LogP contribution is -2.04. The van der Waals surface area contributed by atoms with Crippen LogP contribution in [0.2, 0.25) is 0 Å². The molecule has 0 aromatic heterocycles. The summed E-state index contributed by atoms with van der Waals surface area (Å²) in [5, 5.41) is 0. The number of fused-ring (bicyclic) bond motifs is 2. The van der Waals surface area contributed by atoms with Crippen LogP contribution in [0.25, 0.3) is 11.6 Å². The highest BCUT2D eigenvalue weighted by Crippen LogP contribution is 2.52. The van der Waals surface area contributed by atoms with Crippen LogP contribution in [-0.4, -0.2) is 0 Å². The zero-order valence-electron chi connectivity index (χ0n) is 9.54. The van der Waals surface area contributed by atoms with Crippen molar-refractivity contribution in [1.82, 2.24) is 0 Å². The highest BCUT2D eigenvalue weighted by atomic mass is 127. The maximum atomic E-state index is 2.49. The van der Waals surface area contributed by atoms with Crippen molar-refractivity contribution in [3.05, 3.63) is 56.2 Å². The first-order chi connectivity index (χ1) is 8.34. The van der Waals surface area contributed by atoms with Gasteiger partial charge in [-0.25, -0.2) is 0 Å². The summed E-state index contributed by atoms with van der Waals surface area (Å²) in [6.07, 6.45) is 10.7. The lowest BCUT2D eigenvalue weighted by atomic mass is 9.85.